The van der Waals surface area contributed by atoms with Gasteiger partial charge in [0.15, 0.2) is 0 Å². The second kappa shape index (κ2) is 5.37. The molecule has 0 spiro atoms. The maximum atomic E-state index is 9.55. The average Bonchev–Trinajstić information content (AvgIpc) is 2.16. The molecule has 1 aromatic carbocycles. The van der Waals surface area contributed by atoms with Crippen molar-refractivity contribution in [2.24, 2.45) is 0 Å². The third kappa shape index (κ3) is 3.63. The van der Waals surface area contributed by atoms with E-state index < -0.39 is 6.10 Å². The van der Waals surface area contributed by atoms with E-state index in [1.165, 1.54) is 0 Å². The van der Waals surface area contributed by atoms with Crippen LogP contribution in [0.25, 0.3) is 0 Å². The number of hydrogen-bond acceptors (Lipinski definition) is 2. The molecule has 0 aromatic heterocycles. The number of rotatable bonds is 4. The Hall–Kier alpha value is -0.280. The van der Waals surface area contributed by atoms with Crippen molar-refractivity contribution < 1.29 is 5.11 Å². The van der Waals surface area contributed by atoms with Crippen molar-refractivity contribution in [1.29, 1.82) is 0 Å². The number of aliphatic hydroxyl groups excluding tert-OH is 1. The summed E-state index contributed by atoms with van der Waals surface area (Å²) in [7, 11) is 0. The molecule has 4 heteroatoms. The second-order valence-electron chi connectivity index (χ2n) is 4.49. The zero-order valence-corrected chi connectivity index (χ0v) is 11.2. The molecule has 90 valence electrons. The Morgan fingerprint density at radius 2 is 2.00 bits per heavy atom. The number of hydrogen-bond donors (Lipinski definition) is 2. The summed E-state index contributed by atoms with van der Waals surface area (Å²) < 4.78 is 0. The number of aliphatic hydroxyl groups is 1. The number of nitrogens with one attached hydrogen (secondary N) is 1. The van der Waals surface area contributed by atoms with Gasteiger partial charge in [-0.15, -0.1) is 0 Å². The van der Waals surface area contributed by atoms with Gasteiger partial charge in [0.05, 0.1) is 6.10 Å². The number of benzene rings is 1. The highest BCUT2D eigenvalue weighted by Gasteiger charge is 2.23. The molecule has 1 atom stereocenters. The average molecular weight is 262 g/mol. The van der Waals surface area contributed by atoms with Crippen LogP contribution in [-0.2, 0) is 6.54 Å². The molecule has 1 rings (SSSR count). The summed E-state index contributed by atoms with van der Waals surface area (Å²) in [5, 5.41) is 14.1. The maximum Gasteiger partial charge on any atom is 0.0688 e. The standard InChI is InChI=1S/C12H17Cl2NO/c1-8(16)12(2,3)15-7-9-4-5-10(13)6-11(9)14/h4-6,8,15-16H,7H2,1-3H3. The van der Waals surface area contributed by atoms with Crippen LogP contribution in [0.5, 0.6) is 0 Å². The summed E-state index contributed by atoms with van der Waals surface area (Å²) in [6.07, 6.45) is -0.432. The fourth-order valence-corrected chi connectivity index (χ4v) is 1.61. The second-order valence-corrected chi connectivity index (χ2v) is 5.33. The van der Waals surface area contributed by atoms with Crippen LogP contribution in [0.1, 0.15) is 26.3 Å². The summed E-state index contributed by atoms with van der Waals surface area (Å²) in [5.74, 6) is 0. The lowest BCUT2D eigenvalue weighted by atomic mass is 9.98. The highest BCUT2D eigenvalue weighted by Crippen LogP contribution is 2.21. The topological polar surface area (TPSA) is 32.3 Å². The largest absolute Gasteiger partial charge is 0.392 e. The van der Waals surface area contributed by atoms with Gasteiger partial charge in [-0.3, -0.25) is 0 Å². The molecule has 2 N–H and O–H groups in total. The molecule has 0 fully saturated rings. The first kappa shape index (κ1) is 13.8. The van der Waals surface area contributed by atoms with Crippen LogP contribution in [0.4, 0.5) is 0 Å². The Bertz CT molecular complexity index is 364. The molecule has 16 heavy (non-hydrogen) atoms. The third-order valence-electron chi connectivity index (χ3n) is 2.79. The first-order chi connectivity index (χ1) is 7.33. The van der Waals surface area contributed by atoms with Crippen molar-refractivity contribution in [2.75, 3.05) is 0 Å². The van der Waals surface area contributed by atoms with E-state index in [9.17, 15) is 5.11 Å². The number of halogens is 2. The molecule has 0 aliphatic carbocycles. The minimum Gasteiger partial charge on any atom is -0.392 e. The smallest absolute Gasteiger partial charge is 0.0688 e. The van der Waals surface area contributed by atoms with Gasteiger partial charge in [-0.1, -0.05) is 29.3 Å². The van der Waals surface area contributed by atoms with Crippen LogP contribution in [-0.4, -0.2) is 16.7 Å². The van der Waals surface area contributed by atoms with E-state index in [4.69, 9.17) is 23.2 Å². The molecule has 0 saturated carbocycles. The molecule has 2 nitrogen and oxygen atoms in total. The highest BCUT2D eigenvalue weighted by atomic mass is 35.5. The van der Waals surface area contributed by atoms with Gasteiger partial charge in [0.2, 0.25) is 0 Å². The SMILES string of the molecule is CC(O)C(C)(C)NCc1ccc(Cl)cc1Cl. The highest BCUT2D eigenvalue weighted by molar-refractivity contribution is 6.35. The zero-order chi connectivity index (χ0) is 12.3. The molecule has 0 radical (unpaired) electrons. The molecule has 1 unspecified atom stereocenters. The molecule has 0 bridgehead atoms. The van der Waals surface area contributed by atoms with Gasteiger partial charge in [0.25, 0.3) is 0 Å². The maximum absolute atomic E-state index is 9.55. The molecular weight excluding hydrogens is 245 g/mol. The Balaban J connectivity index is 2.68. The predicted molar refractivity (Wildman–Crippen MR) is 69.1 cm³/mol. The van der Waals surface area contributed by atoms with Crippen molar-refractivity contribution >= 4 is 23.2 Å². The molecule has 0 saturated heterocycles. The van der Waals surface area contributed by atoms with E-state index in [0.29, 0.717) is 16.6 Å². The molecular formula is C12H17Cl2NO. The fraction of sp³-hybridized carbons (Fsp3) is 0.500. The van der Waals surface area contributed by atoms with E-state index in [1.807, 2.05) is 19.9 Å². The van der Waals surface area contributed by atoms with E-state index in [2.05, 4.69) is 5.32 Å². The zero-order valence-electron chi connectivity index (χ0n) is 9.72. The van der Waals surface area contributed by atoms with Crippen LogP contribution in [0, 0.1) is 0 Å². The minimum atomic E-state index is -0.432. The van der Waals surface area contributed by atoms with Crippen LogP contribution in [0.15, 0.2) is 18.2 Å². The molecule has 0 amide bonds. The van der Waals surface area contributed by atoms with Crippen molar-refractivity contribution in [2.45, 2.75) is 39.0 Å². The lowest BCUT2D eigenvalue weighted by Gasteiger charge is -2.29. The van der Waals surface area contributed by atoms with Gasteiger partial charge in [-0.05, 0) is 38.5 Å². The molecule has 0 heterocycles. The lowest BCUT2D eigenvalue weighted by Crippen LogP contribution is -2.47. The van der Waals surface area contributed by atoms with E-state index in [-0.39, 0.29) is 5.54 Å². The summed E-state index contributed by atoms with van der Waals surface area (Å²) in [6.45, 7) is 6.26. The minimum absolute atomic E-state index is 0.344. The van der Waals surface area contributed by atoms with E-state index in [1.54, 1.807) is 19.1 Å². The van der Waals surface area contributed by atoms with Gasteiger partial charge in [0.1, 0.15) is 0 Å². The van der Waals surface area contributed by atoms with Gasteiger partial charge in [-0.25, -0.2) is 0 Å². The predicted octanol–water partition coefficient (Wildman–Crippen LogP) is 3.24. The Morgan fingerprint density at radius 3 is 2.50 bits per heavy atom. The van der Waals surface area contributed by atoms with Crippen LogP contribution in [0.2, 0.25) is 10.0 Å². The van der Waals surface area contributed by atoms with Crippen molar-refractivity contribution in [3.63, 3.8) is 0 Å². The third-order valence-corrected chi connectivity index (χ3v) is 3.38. The first-order valence-electron chi connectivity index (χ1n) is 5.20. The van der Waals surface area contributed by atoms with Crippen LogP contribution in [0.3, 0.4) is 0 Å². The molecule has 0 aliphatic heterocycles. The Kier molecular flexibility index (Phi) is 4.62. The van der Waals surface area contributed by atoms with Crippen molar-refractivity contribution in [1.82, 2.24) is 5.32 Å². The van der Waals surface area contributed by atoms with Crippen molar-refractivity contribution in [3.05, 3.63) is 33.8 Å². The van der Waals surface area contributed by atoms with Gasteiger partial charge >= 0.3 is 0 Å². The Morgan fingerprint density at radius 1 is 1.38 bits per heavy atom. The lowest BCUT2D eigenvalue weighted by molar-refractivity contribution is 0.0956. The first-order valence-corrected chi connectivity index (χ1v) is 5.95. The van der Waals surface area contributed by atoms with Crippen LogP contribution < -0.4 is 5.32 Å². The van der Waals surface area contributed by atoms with Gasteiger partial charge in [0, 0.05) is 22.1 Å². The summed E-state index contributed by atoms with van der Waals surface area (Å²) in [6, 6.07) is 5.41. The van der Waals surface area contributed by atoms with Crippen molar-refractivity contribution in [3.8, 4) is 0 Å². The molecule has 0 aliphatic rings. The monoisotopic (exact) mass is 261 g/mol. The fourth-order valence-electron chi connectivity index (χ4n) is 1.14. The van der Waals surface area contributed by atoms with E-state index in [0.717, 1.165) is 5.56 Å². The van der Waals surface area contributed by atoms with E-state index >= 15 is 0 Å². The normalized spacial score (nSPS) is 13.9. The van der Waals surface area contributed by atoms with Gasteiger partial charge < -0.3 is 10.4 Å². The summed E-state index contributed by atoms with van der Waals surface area (Å²) >= 11 is 11.9. The van der Waals surface area contributed by atoms with Crippen LogP contribution >= 0.6 is 23.2 Å². The summed E-state index contributed by atoms with van der Waals surface area (Å²) in [4.78, 5) is 0. The summed E-state index contributed by atoms with van der Waals surface area (Å²) in [5.41, 5.74) is 0.628. The van der Waals surface area contributed by atoms with Gasteiger partial charge in [-0.2, -0.15) is 0 Å². The molecule has 1 aromatic rings. The quantitative estimate of drug-likeness (QED) is 0.873. The Labute approximate surface area is 107 Å².